The number of fused-ring (bicyclic) bond motifs is 2. The van der Waals surface area contributed by atoms with Crippen molar-refractivity contribution in [1.82, 2.24) is 5.16 Å². The van der Waals surface area contributed by atoms with E-state index in [1.54, 1.807) is 17.3 Å². The summed E-state index contributed by atoms with van der Waals surface area (Å²) in [6, 6.07) is 11.9. The van der Waals surface area contributed by atoms with Crippen molar-refractivity contribution < 1.29 is 14.1 Å². The number of ether oxygens (including phenoxy) is 1. The van der Waals surface area contributed by atoms with Gasteiger partial charge in [0, 0.05) is 24.0 Å². The molecule has 0 saturated heterocycles. The summed E-state index contributed by atoms with van der Waals surface area (Å²) in [4.78, 5) is 15.1. The molecule has 0 unspecified atom stereocenters. The lowest BCUT2D eigenvalue weighted by molar-refractivity contribution is -0.119. The zero-order valence-corrected chi connectivity index (χ0v) is 16.7. The number of hydrogen-bond acceptors (Lipinski definition) is 5. The highest BCUT2D eigenvalue weighted by Crippen LogP contribution is 2.57. The Morgan fingerprint density at radius 3 is 2.90 bits per heavy atom. The highest BCUT2D eigenvalue weighted by atomic mass is 16.5. The van der Waals surface area contributed by atoms with Gasteiger partial charge in [-0.3, -0.25) is 4.79 Å². The fourth-order valence-corrected chi connectivity index (χ4v) is 4.05. The zero-order chi connectivity index (χ0) is 20.7. The number of amides is 1. The van der Waals surface area contributed by atoms with E-state index >= 15 is 0 Å². The van der Waals surface area contributed by atoms with Gasteiger partial charge in [-0.1, -0.05) is 35.4 Å². The van der Waals surface area contributed by atoms with Crippen molar-refractivity contribution in [1.29, 1.82) is 0 Å². The van der Waals surface area contributed by atoms with Crippen molar-refractivity contribution in [3.8, 4) is 5.75 Å². The van der Waals surface area contributed by atoms with Crippen LogP contribution in [0.3, 0.4) is 0 Å². The van der Waals surface area contributed by atoms with E-state index in [-0.39, 0.29) is 5.91 Å². The fourth-order valence-electron chi connectivity index (χ4n) is 4.05. The van der Waals surface area contributed by atoms with Crippen LogP contribution < -0.4 is 20.3 Å². The summed E-state index contributed by atoms with van der Waals surface area (Å²) in [5.41, 5.74) is 5.38. The Morgan fingerprint density at radius 1 is 1.33 bits per heavy atom. The summed E-state index contributed by atoms with van der Waals surface area (Å²) in [5.74, 6) is 0.871. The van der Waals surface area contributed by atoms with Gasteiger partial charge in [-0.25, -0.2) is 0 Å². The van der Waals surface area contributed by atoms with Gasteiger partial charge in [0.25, 0.3) is 7.41 Å². The second-order valence-corrected chi connectivity index (χ2v) is 7.69. The van der Waals surface area contributed by atoms with Gasteiger partial charge in [-0.15, -0.1) is 0 Å². The molecule has 0 bridgehead atoms. The van der Waals surface area contributed by atoms with Crippen LogP contribution in [0.2, 0.25) is 0 Å². The maximum atomic E-state index is 13.3. The summed E-state index contributed by atoms with van der Waals surface area (Å²) in [6.07, 6.45) is 6.75. The number of rotatable bonds is 7. The number of carbonyl (C=O) groups is 1. The first-order valence-corrected chi connectivity index (χ1v) is 9.93. The number of benzene rings is 2. The lowest BCUT2D eigenvalue weighted by Crippen LogP contribution is -2.41. The van der Waals surface area contributed by atoms with Crippen LogP contribution in [0.4, 0.5) is 11.4 Å². The summed E-state index contributed by atoms with van der Waals surface area (Å²) in [7, 11) is 3.79. The highest BCUT2D eigenvalue weighted by molar-refractivity contribution is 6.64. The van der Waals surface area contributed by atoms with Crippen LogP contribution in [0.25, 0.3) is 6.08 Å². The topological polar surface area (TPSA) is 67.6 Å². The molecule has 149 valence electrons. The molecule has 6 nitrogen and oxygen atoms in total. The van der Waals surface area contributed by atoms with E-state index in [4.69, 9.17) is 9.26 Å². The van der Waals surface area contributed by atoms with Crippen molar-refractivity contribution in [3.63, 3.8) is 0 Å². The molecule has 0 atom stereocenters. The lowest BCUT2D eigenvalue weighted by Gasteiger charge is -2.18. The number of nitrogens with zero attached hydrogens (tertiary/aromatic N) is 2. The predicted molar refractivity (Wildman–Crippen MR) is 117 cm³/mol. The first-order valence-electron chi connectivity index (χ1n) is 9.93. The van der Waals surface area contributed by atoms with Gasteiger partial charge in [0.05, 0.1) is 11.6 Å². The average molecular weight is 398 g/mol. The zero-order valence-electron chi connectivity index (χ0n) is 16.7. The molecule has 1 N–H and O–H groups in total. The third-order valence-electron chi connectivity index (χ3n) is 5.86. The van der Waals surface area contributed by atoms with Crippen molar-refractivity contribution >= 4 is 36.2 Å². The van der Waals surface area contributed by atoms with Gasteiger partial charge in [0.2, 0.25) is 5.91 Å². The number of hydrogen-bond donors (Lipinski definition) is 1. The maximum absolute atomic E-state index is 13.3. The molecule has 2 aliphatic rings. The van der Waals surface area contributed by atoms with E-state index < -0.39 is 5.41 Å². The Bertz CT molecular complexity index is 1120. The quantitative estimate of drug-likeness (QED) is 0.619. The van der Waals surface area contributed by atoms with Gasteiger partial charge in [-0.05, 0) is 48.2 Å². The third-order valence-corrected chi connectivity index (χ3v) is 5.86. The molecular formula is C23H21BN3O3. The number of nitrogens with one attached hydrogen (secondary N) is 1. The van der Waals surface area contributed by atoms with E-state index in [0.717, 1.165) is 52.1 Å². The number of anilines is 2. The Kier molecular flexibility index (Phi) is 4.38. The molecule has 1 aliphatic carbocycles. The van der Waals surface area contributed by atoms with E-state index in [9.17, 15) is 4.79 Å². The van der Waals surface area contributed by atoms with Gasteiger partial charge < -0.3 is 19.4 Å². The Hall–Kier alpha value is -3.48. The van der Waals surface area contributed by atoms with Gasteiger partial charge in [0.1, 0.15) is 18.6 Å². The molecule has 1 spiro atoms. The molecule has 2 aromatic carbocycles. The lowest BCUT2D eigenvalue weighted by atomic mass is 9.79. The molecule has 1 fully saturated rings. The van der Waals surface area contributed by atoms with Crippen LogP contribution in [0.15, 0.2) is 60.0 Å². The summed E-state index contributed by atoms with van der Waals surface area (Å²) in [5, 5.41) is 6.87. The van der Waals surface area contributed by atoms with Crippen LogP contribution in [-0.4, -0.2) is 25.5 Å². The van der Waals surface area contributed by atoms with Crippen LogP contribution in [0.1, 0.15) is 29.5 Å². The Balaban J connectivity index is 1.42. The Morgan fingerprint density at radius 2 is 2.20 bits per heavy atom. The molecule has 1 aromatic heterocycles. The largest absolute Gasteiger partial charge is 0.489 e. The van der Waals surface area contributed by atoms with E-state index in [2.05, 4.69) is 17.1 Å². The molecular weight excluding hydrogens is 377 g/mol. The van der Waals surface area contributed by atoms with Crippen molar-refractivity contribution in [2.75, 3.05) is 17.2 Å². The van der Waals surface area contributed by atoms with Crippen LogP contribution in [0.5, 0.6) is 5.75 Å². The highest BCUT2D eigenvalue weighted by Gasteiger charge is 2.59. The van der Waals surface area contributed by atoms with Gasteiger partial charge in [-0.2, -0.15) is 0 Å². The van der Waals surface area contributed by atoms with E-state index in [0.29, 0.717) is 6.61 Å². The normalized spacial score (nSPS) is 15.8. The minimum absolute atomic E-state index is 0.132. The first kappa shape index (κ1) is 18.5. The number of carbonyl (C=O) groups excluding carboxylic acids is 1. The van der Waals surface area contributed by atoms with Gasteiger partial charge >= 0.3 is 0 Å². The van der Waals surface area contributed by atoms with Crippen molar-refractivity contribution in [2.45, 2.75) is 24.9 Å². The summed E-state index contributed by atoms with van der Waals surface area (Å²) in [6.45, 7) is 4.22. The van der Waals surface area contributed by atoms with Crippen LogP contribution >= 0.6 is 0 Å². The monoisotopic (exact) mass is 398 g/mol. The fraction of sp³-hybridized carbons (Fsp3) is 0.217. The van der Waals surface area contributed by atoms with E-state index in [1.165, 1.54) is 0 Å². The smallest absolute Gasteiger partial charge is 0.294 e. The van der Waals surface area contributed by atoms with Crippen molar-refractivity contribution in [3.05, 3.63) is 72.1 Å². The molecule has 1 amide bonds. The minimum Gasteiger partial charge on any atom is -0.489 e. The average Bonchev–Trinajstić information content (AvgIpc) is 3.36. The molecule has 1 saturated carbocycles. The molecule has 1 radical (unpaired) electrons. The molecule has 2 heterocycles. The standard InChI is InChI=1S/C23H21BN3O3/c1-3-16-4-5-17(10-20(16)25-2)24-27-21-7-6-18(29-13-15-12-26-30-14-15)11-19(21)23(8-9-23)22(27)28/h3-7,10-12,14,25H,1,8-9,13H2,2H3. The van der Waals surface area contributed by atoms with Crippen LogP contribution in [-0.2, 0) is 16.8 Å². The SMILES string of the molecule is C=Cc1ccc([B]N2C(=O)C3(CC3)c3cc(OCc4cnoc4)ccc32)cc1NC. The first-order chi connectivity index (χ1) is 14.6. The second-order valence-electron chi connectivity index (χ2n) is 7.69. The number of aromatic nitrogens is 1. The third kappa shape index (κ3) is 2.98. The van der Waals surface area contributed by atoms with E-state index in [1.807, 2.05) is 56.9 Å². The van der Waals surface area contributed by atoms with Crippen molar-refractivity contribution in [2.24, 2.45) is 0 Å². The summed E-state index contributed by atoms with van der Waals surface area (Å²) < 4.78 is 10.7. The molecule has 1 aliphatic heterocycles. The summed E-state index contributed by atoms with van der Waals surface area (Å²) >= 11 is 0. The van der Waals surface area contributed by atoms with Crippen LogP contribution in [0, 0.1) is 0 Å². The molecule has 5 rings (SSSR count). The maximum Gasteiger partial charge on any atom is 0.294 e. The molecule has 7 heteroatoms. The van der Waals surface area contributed by atoms with Gasteiger partial charge in [0.15, 0.2) is 0 Å². The Labute approximate surface area is 175 Å². The molecule has 30 heavy (non-hydrogen) atoms. The predicted octanol–water partition coefficient (Wildman–Crippen LogP) is 3.26. The second kappa shape index (κ2) is 7.09. The minimum atomic E-state index is -0.407. The molecule has 3 aromatic rings.